The van der Waals surface area contributed by atoms with Crippen molar-refractivity contribution >= 4 is 11.6 Å². The van der Waals surface area contributed by atoms with Gasteiger partial charge >= 0.3 is 0 Å². The molecule has 0 fully saturated rings. The smallest absolute Gasteiger partial charge is 0.258 e. The van der Waals surface area contributed by atoms with Gasteiger partial charge in [-0.1, -0.05) is 26.0 Å². The number of hydrogen-bond donors (Lipinski definition) is 2. The highest BCUT2D eigenvalue weighted by Gasteiger charge is 2.08. The van der Waals surface area contributed by atoms with Crippen LogP contribution in [0.4, 0.5) is 5.69 Å². The first-order chi connectivity index (χ1) is 9.54. The maximum Gasteiger partial charge on any atom is 0.258 e. The van der Waals surface area contributed by atoms with E-state index in [2.05, 4.69) is 29.6 Å². The van der Waals surface area contributed by atoms with Crippen LogP contribution in [-0.4, -0.2) is 21.7 Å². The normalized spacial score (nSPS) is 10.8. The van der Waals surface area contributed by atoms with Crippen molar-refractivity contribution < 1.29 is 4.79 Å². The Morgan fingerprint density at radius 1 is 1.40 bits per heavy atom. The monoisotopic (exact) mass is 272 g/mol. The zero-order chi connectivity index (χ0) is 14.5. The summed E-state index contributed by atoms with van der Waals surface area (Å²) in [5.74, 6) is -0.146. The van der Waals surface area contributed by atoms with Crippen LogP contribution in [0.5, 0.6) is 0 Å². The van der Waals surface area contributed by atoms with Crippen molar-refractivity contribution in [2.24, 2.45) is 7.05 Å². The highest BCUT2D eigenvalue weighted by Crippen LogP contribution is 2.12. The summed E-state index contributed by atoms with van der Waals surface area (Å²) in [6.07, 6.45) is 3.25. The first-order valence-corrected chi connectivity index (χ1v) is 6.67. The quantitative estimate of drug-likeness (QED) is 0.877. The number of rotatable bonds is 5. The highest BCUT2D eigenvalue weighted by molar-refractivity contribution is 6.03. The molecule has 1 aromatic carbocycles. The van der Waals surface area contributed by atoms with Crippen LogP contribution in [0.3, 0.4) is 0 Å². The molecule has 106 valence electrons. The van der Waals surface area contributed by atoms with Crippen molar-refractivity contribution in [1.82, 2.24) is 15.1 Å². The molecule has 1 amide bonds. The van der Waals surface area contributed by atoms with Crippen molar-refractivity contribution in [3.8, 4) is 0 Å². The van der Waals surface area contributed by atoms with Crippen LogP contribution in [0.25, 0.3) is 0 Å². The number of carbonyl (C=O) groups excluding carboxylic acids is 1. The van der Waals surface area contributed by atoms with E-state index in [1.165, 1.54) is 0 Å². The van der Waals surface area contributed by atoms with Crippen LogP contribution in [0.15, 0.2) is 36.7 Å². The summed E-state index contributed by atoms with van der Waals surface area (Å²) in [4.78, 5) is 12.0. The Hall–Kier alpha value is -2.14. The van der Waals surface area contributed by atoms with Crippen molar-refractivity contribution in [3.63, 3.8) is 0 Å². The molecule has 20 heavy (non-hydrogen) atoms. The van der Waals surface area contributed by atoms with Gasteiger partial charge in [0, 0.05) is 31.5 Å². The Balaban J connectivity index is 2.02. The van der Waals surface area contributed by atoms with Crippen molar-refractivity contribution in [2.75, 3.05) is 5.32 Å². The van der Waals surface area contributed by atoms with E-state index < -0.39 is 0 Å². The van der Waals surface area contributed by atoms with Gasteiger partial charge in [0.2, 0.25) is 0 Å². The number of nitrogens with one attached hydrogen (secondary N) is 2. The predicted molar refractivity (Wildman–Crippen MR) is 79.6 cm³/mol. The predicted octanol–water partition coefficient (Wildman–Crippen LogP) is 2.17. The van der Waals surface area contributed by atoms with Gasteiger partial charge in [-0.3, -0.25) is 9.48 Å². The lowest BCUT2D eigenvalue weighted by atomic mass is 10.2. The topological polar surface area (TPSA) is 58.9 Å². The van der Waals surface area contributed by atoms with Gasteiger partial charge in [-0.2, -0.15) is 5.10 Å². The van der Waals surface area contributed by atoms with E-state index in [1.807, 2.05) is 24.3 Å². The fourth-order valence-corrected chi connectivity index (χ4v) is 1.82. The standard InChI is InChI=1S/C15H20N4O/c1-11(2)16-8-12-5-4-6-14(7-12)18-15(20)13-9-17-19(3)10-13/h4-7,9-11,16H,8H2,1-3H3,(H,18,20). The Labute approximate surface area is 119 Å². The third-order valence-corrected chi connectivity index (χ3v) is 2.87. The summed E-state index contributed by atoms with van der Waals surface area (Å²) in [5.41, 5.74) is 2.49. The molecule has 2 rings (SSSR count). The molecule has 0 saturated heterocycles. The molecular weight excluding hydrogens is 252 g/mol. The minimum absolute atomic E-state index is 0.146. The fraction of sp³-hybridized carbons (Fsp3) is 0.333. The third kappa shape index (κ3) is 3.93. The number of aryl methyl sites for hydroxylation is 1. The average Bonchev–Trinajstić information content (AvgIpc) is 2.84. The van der Waals surface area contributed by atoms with E-state index in [-0.39, 0.29) is 5.91 Å². The van der Waals surface area contributed by atoms with Crippen LogP contribution in [0.2, 0.25) is 0 Å². The summed E-state index contributed by atoms with van der Waals surface area (Å²) < 4.78 is 1.61. The van der Waals surface area contributed by atoms with Gasteiger partial charge in [0.25, 0.3) is 5.91 Å². The summed E-state index contributed by atoms with van der Waals surface area (Å²) in [7, 11) is 1.79. The van der Waals surface area contributed by atoms with Gasteiger partial charge in [-0.25, -0.2) is 0 Å². The molecular formula is C15H20N4O. The van der Waals surface area contributed by atoms with Crippen LogP contribution >= 0.6 is 0 Å². The molecule has 0 radical (unpaired) electrons. The van der Waals surface area contributed by atoms with Gasteiger partial charge in [0.1, 0.15) is 0 Å². The van der Waals surface area contributed by atoms with Crippen molar-refractivity contribution in [2.45, 2.75) is 26.4 Å². The van der Waals surface area contributed by atoms with E-state index in [0.29, 0.717) is 11.6 Å². The number of carbonyl (C=O) groups is 1. The van der Waals surface area contributed by atoms with Crippen LogP contribution < -0.4 is 10.6 Å². The first-order valence-electron chi connectivity index (χ1n) is 6.67. The van der Waals surface area contributed by atoms with E-state index in [0.717, 1.165) is 17.8 Å². The van der Waals surface area contributed by atoms with Gasteiger partial charge < -0.3 is 10.6 Å². The van der Waals surface area contributed by atoms with E-state index in [1.54, 1.807) is 24.1 Å². The Bertz CT molecular complexity index is 589. The molecule has 0 bridgehead atoms. The Morgan fingerprint density at radius 2 is 2.20 bits per heavy atom. The molecule has 1 heterocycles. The minimum atomic E-state index is -0.146. The molecule has 5 heteroatoms. The third-order valence-electron chi connectivity index (χ3n) is 2.87. The molecule has 1 aromatic heterocycles. The summed E-state index contributed by atoms with van der Waals surface area (Å²) in [6, 6.07) is 8.27. The molecule has 0 spiro atoms. The van der Waals surface area contributed by atoms with Crippen LogP contribution in [0.1, 0.15) is 29.8 Å². The van der Waals surface area contributed by atoms with E-state index in [4.69, 9.17) is 0 Å². The van der Waals surface area contributed by atoms with E-state index >= 15 is 0 Å². The Morgan fingerprint density at radius 3 is 2.85 bits per heavy atom. The first kappa shape index (κ1) is 14.3. The number of nitrogens with zero attached hydrogens (tertiary/aromatic N) is 2. The van der Waals surface area contributed by atoms with Crippen molar-refractivity contribution in [1.29, 1.82) is 0 Å². The summed E-state index contributed by atoms with van der Waals surface area (Å²) in [6.45, 7) is 5.00. The zero-order valence-corrected chi connectivity index (χ0v) is 12.1. The van der Waals surface area contributed by atoms with Gasteiger partial charge in [-0.05, 0) is 17.7 Å². The maximum atomic E-state index is 12.0. The molecule has 0 aliphatic carbocycles. The summed E-state index contributed by atoms with van der Waals surface area (Å²) >= 11 is 0. The molecule has 5 nitrogen and oxygen atoms in total. The second kappa shape index (κ2) is 6.34. The number of aromatic nitrogens is 2. The number of hydrogen-bond acceptors (Lipinski definition) is 3. The molecule has 0 saturated carbocycles. The zero-order valence-electron chi connectivity index (χ0n) is 12.1. The average molecular weight is 272 g/mol. The lowest BCUT2D eigenvalue weighted by molar-refractivity contribution is 0.102. The largest absolute Gasteiger partial charge is 0.322 e. The van der Waals surface area contributed by atoms with Crippen LogP contribution in [0, 0.1) is 0 Å². The fourth-order valence-electron chi connectivity index (χ4n) is 1.82. The number of amides is 1. The van der Waals surface area contributed by atoms with Gasteiger partial charge in [0.15, 0.2) is 0 Å². The lowest BCUT2D eigenvalue weighted by Crippen LogP contribution is -2.21. The maximum absolute atomic E-state index is 12.0. The van der Waals surface area contributed by atoms with E-state index in [9.17, 15) is 4.79 Å². The molecule has 0 atom stereocenters. The Kier molecular flexibility index (Phi) is 4.53. The minimum Gasteiger partial charge on any atom is -0.322 e. The summed E-state index contributed by atoms with van der Waals surface area (Å²) in [5, 5.41) is 10.2. The number of benzene rings is 1. The SMILES string of the molecule is CC(C)NCc1cccc(NC(=O)c2cnn(C)c2)c1. The molecule has 0 aliphatic rings. The van der Waals surface area contributed by atoms with Gasteiger partial charge in [-0.15, -0.1) is 0 Å². The van der Waals surface area contributed by atoms with Crippen molar-refractivity contribution in [3.05, 3.63) is 47.8 Å². The second-order valence-corrected chi connectivity index (χ2v) is 5.09. The molecule has 2 N–H and O–H groups in total. The molecule has 0 unspecified atom stereocenters. The van der Waals surface area contributed by atoms with Crippen LogP contribution in [-0.2, 0) is 13.6 Å². The second-order valence-electron chi connectivity index (χ2n) is 5.09. The molecule has 0 aliphatic heterocycles. The highest BCUT2D eigenvalue weighted by atomic mass is 16.1. The van der Waals surface area contributed by atoms with Gasteiger partial charge in [0.05, 0.1) is 11.8 Å². The lowest BCUT2D eigenvalue weighted by Gasteiger charge is -2.10. The molecule has 2 aromatic rings. The number of anilines is 1.